The molecule has 0 atom stereocenters. The van der Waals surface area contributed by atoms with Crippen molar-refractivity contribution < 1.29 is 0 Å². The summed E-state index contributed by atoms with van der Waals surface area (Å²) in [5.74, 6) is 0. The Morgan fingerprint density at radius 2 is 1.61 bits per heavy atom. The summed E-state index contributed by atoms with van der Waals surface area (Å²) < 4.78 is 0. The molecule has 2 rings (SSSR count). The molecule has 1 aliphatic rings. The highest BCUT2D eigenvalue weighted by atomic mass is 15.3. The molecule has 18 heavy (non-hydrogen) atoms. The molecule has 0 bridgehead atoms. The Balaban J connectivity index is 1.96. The number of allylic oxidation sites excluding steroid dienone is 1. The quantitative estimate of drug-likeness (QED) is 0.736. The molecule has 0 saturated carbocycles. The maximum absolute atomic E-state index is 8.71. The van der Waals surface area contributed by atoms with Crippen molar-refractivity contribution in [2.75, 3.05) is 31.1 Å². The van der Waals surface area contributed by atoms with E-state index in [1.54, 1.807) is 6.20 Å². The van der Waals surface area contributed by atoms with Gasteiger partial charge in [-0.15, -0.1) is 0 Å². The molecule has 1 aliphatic heterocycles. The Morgan fingerprint density at radius 1 is 1.00 bits per heavy atom. The van der Waals surface area contributed by atoms with E-state index in [9.17, 15) is 0 Å². The van der Waals surface area contributed by atoms with Crippen LogP contribution in [0.25, 0.3) is 0 Å². The minimum Gasteiger partial charge on any atom is -0.372 e. The van der Waals surface area contributed by atoms with Crippen molar-refractivity contribution in [1.29, 1.82) is 10.5 Å². The molecule has 1 fully saturated rings. The molecular formula is C14H14N4. The zero-order valence-corrected chi connectivity index (χ0v) is 10.1. The van der Waals surface area contributed by atoms with E-state index in [0.717, 1.165) is 26.2 Å². The number of hydrogen-bond acceptors (Lipinski definition) is 4. The van der Waals surface area contributed by atoms with E-state index in [1.165, 1.54) is 5.69 Å². The largest absolute Gasteiger partial charge is 0.372 e. The summed E-state index contributed by atoms with van der Waals surface area (Å²) in [4.78, 5) is 4.34. The third-order valence-electron chi connectivity index (χ3n) is 2.99. The number of nitriles is 2. The molecule has 90 valence electrons. The van der Waals surface area contributed by atoms with Gasteiger partial charge in [0.1, 0.15) is 17.7 Å². The van der Waals surface area contributed by atoms with Gasteiger partial charge in [0, 0.05) is 38.1 Å². The lowest BCUT2D eigenvalue weighted by atomic mass is 10.2. The van der Waals surface area contributed by atoms with Gasteiger partial charge in [0.05, 0.1) is 0 Å². The van der Waals surface area contributed by atoms with Gasteiger partial charge in [-0.25, -0.2) is 0 Å². The summed E-state index contributed by atoms with van der Waals surface area (Å²) in [7, 11) is 0. The highest BCUT2D eigenvalue weighted by Crippen LogP contribution is 2.15. The van der Waals surface area contributed by atoms with Crippen LogP contribution in [0.5, 0.6) is 0 Å². The number of benzene rings is 1. The Bertz CT molecular complexity index is 483. The second-order valence-corrected chi connectivity index (χ2v) is 4.12. The van der Waals surface area contributed by atoms with Crippen LogP contribution in [-0.2, 0) is 0 Å². The van der Waals surface area contributed by atoms with Gasteiger partial charge in [0.2, 0.25) is 0 Å². The van der Waals surface area contributed by atoms with Gasteiger partial charge >= 0.3 is 0 Å². The Morgan fingerprint density at radius 3 is 2.17 bits per heavy atom. The van der Waals surface area contributed by atoms with E-state index in [2.05, 4.69) is 17.0 Å². The van der Waals surface area contributed by atoms with Gasteiger partial charge in [0.25, 0.3) is 0 Å². The van der Waals surface area contributed by atoms with Crippen LogP contribution in [0.3, 0.4) is 0 Å². The zero-order chi connectivity index (χ0) is 12.8. The molecule has 4 nitrogen and oxygen atoms in total. The van der Waals surface area contributed by atoms with Crippen molar-refractivity contribution in [3.05, 3.63) is 42.1 Å². The van der Waals surface area contributed by atoms with Crippen molar-refractivity contribution in [2.45, 2.75) is 0 Å². The van der Waals surface area contributed by atoms with Crippen molar-refractivity contribution in [2.24, 2.45) is 0 Å². The molecule has 1 aromatic rings. The minimum atomic E-state index is 0.170. The topological polar surface area (TPSA) is 54.1 Å². The minimum absolute atomic E-state index is 0.170. The summed E-state index contributed by atoms with van der Waals surface area (Å²) in [6.07, 6.45) is 1.66. The van der Waals surface area contributed by atoms with E-state index in [0.29, 0.717) is 0 Å². The van der Waals surface area contributed by atoms with Crippen LogP contribution in [0.15, 0.2) is 42.1 Å². The van der Waals surface area contributed by atoms with Gasteiger partial charge < -0.3 is 9.80 Å². The molecule has 1 heterocycles. The summed E-state index contributed by atoms with van der Waals surface area (Å²) in [5.41, 5.74) is 1.39. The van der Waals surface area contributed by atoms with E-state index in [4.69, 9.17) is 10.5 Å². The lowest BCUT2D eigenvalue weighted by Crippen LogP contribution is -2.44. The molecule has 0 N–H and O–H groups in total. The first-order valence-corrected chi connectivity index (χ1v) is 5.89. The van der Waals surface area contributed by atoms with Crippen LogP contribution in [0, 0.1) is 22.7 Å². The SMILES string of the molecule is N#CC(C#N)=CN1CCN(c2ccccc2)CC1. The Labute approximate surface area is 107 Å². The van der Waals surface area contributed by atoms with E-state index >= 15 is 0 Å². The second kappa shape index (κ2) is 5.75. The second-order valence-electron chi connectivity index (χ2n) is 4.12. The fraction of sp³-hybridized carbons (Fsp3) is 0.286. The normalized spacial score (nSPS) is 14.6. The average molecular weight is 238 g/mol. The molecule has 0 spiro atoms. The first kappa shape index (κ1) is 12.0. The summed E-state index contributed by atoms with van der Waals surface area (Å²) >= 11 is 0. The van der Waals surface area contributed by atoms with Gasteiger partial charge in [-0.05, 0) is 12.1 Å². The predicted molar refractivity (Wildman–Crippen MR) is 69.5 cm³/mol. The third-order valence-corrected chi connectivity index (χ3v) is 2.99. The highest BCUT2D eigenvalue weighted by molar-refractivity contribution is 5.46. The van der Waals surface area contributed by atoms with Crippen molar-refractivity contribution in [1.82, 2.24) is 4.90 Å². The fourth-order valence-corrected chi connectivity index (χ4v) is 2.01. The molecular weight excluding hydrogens is 224 g/mol. The van der Waals surface area contributed by atoms with Crippen molar-refractivity contribution in [3.63, 3.8) is 0 Å². The molecule has 4 heteroatoms. The Kier molecular flexibility index (Phi) is 3.83. The van der Waals surface area contributed by atoms with Gasteiger partial charge in [-0.3, -0.25) is 0 Å². The van der Waals surface area contributed by atoms with Crippen LogP contribution in [0.2, 0.25) is 0 Å². The predicted octanol–water partition coefficient (Wildman–Crippen LogP) is 1.74. The smallest absolute Gasteiger partial charge is 0.145 e. The molecule has 0 radical (unpaired) electrons. The number of rotatable bonds is 2. The zero-order valence-electron chi connectivity index (χ0n) is 10.1. The molecule has 0 unspecified atom stereocenters. The molecule has 1 aromatic carbocycles. The molecule has 0 amide bonds. The fourth-order valence-electron chi connectivity index (χ4n) is 2.01. The van der Waals surface area contributed by atoms with Crippen LogP contribution < -0.4 is 4.90 Å². The first-order valence-electron chi connectivity index (χ1n) is 5.89. The average Bonchev–Trinajstić information content (AvgIpc) is 2.46. The van der Waals surface area contributed by atoms with Crippen molar-refractivity contribution >= 4 is 5.69 Å². The number of para-hydroxylation sites is 1. The maximum atomic E-state index is 8.71. The van der Waals surface area contributed by atoms with Crippen LogP contribution in [0.1, 0.15) is 0 Å². The van der Waals surface area contributed by atoms with Crippen molar-refractivity contribution in [3.8, 4) is 12.1 Å². The standard InChI is InChI=1S/C14H14N4/c15-10-13(11-16)12-17-6-8-18(9-7-17)14-4-2-1-3-5-14/h1-5,12H,6-9H2. The van der Waals surface area contributed by atoms with Crippen LogP contribution >= 0.6 is 0 Å². The lowest BCUT2D eigenvalue weighted by molar-refractivity contribution is 0.348. The monoisotopic (exact) mass is 238 g/mol. The van der Waals surface area contributed by atoms with E-state index < -0.39 is 0 Å². The van der Waals surface area contributed by atoms with Crippen LogP contribution in [-0.4, -0.2) is 31.1 Å². The molecule has 0 aliphatic carbocycles. The number of piperazine rings is 1. The summed E-state index contributed by atoms with van der Waals surface area (Å²) in [6, 6.07) is 14.0. The van der Waals surface area contributed by atoms with Crippen LogP contribution in [0.4, 0.5) is 5.69 Å². The number of nitrogens with zero attached hydrogens (tertiary/aromatic N) is 4. The van der Waals surface area contributed by atoms with E-state index in [-0.39, 0.29) is 5.57 Å². The summed E-state index contributed by atoms with van der Waals surface area (Å²) in [5, 5.41) is 17.4. The van der Waals surface area contributed by atoms with Gasteiger partial charge in [-0.1, -0.05) is 18.2 Å². The highest BCUT2D eigenvalue weighted by Gasteiger charge is 2.15. The molecule has 1 saturated heterocycles. The maximum Gasteiger partial charge on any atom is 0.145 e. The summed E-state index contributed by atoms with van der Waals surface area (Å²) in [6.45, 7) is 3.48. The van der Waals surface area contributed by atoms with E-state index in [1.807, 2.05) is 35.2 Å². The van der Waals surface area contributed by atoms with Gasteiger partial charge in [-0.2, -0.15) is 10.5 Å². The Hall–Kier alpha value is -2.46. The van der Waals surface area contributed by atoms with Gasteiger partial charge in [0.15, 0.2) is 0 Å². The molecule has 0 aromatic heterocycles. The third kappa shape index (κ3) is 2.81. The number of anilines is 1. The first-order chi connectivity index (χ1) is 8.83. The lowest BCUT2D eigenvalue weighted by Gasteiger charge is -2.35. The number of hydrogen-bond donors (Lipinski definition) is 0.